The van der Waals surface area contributed by atoms with Crippen molar-refractivity contribution >= 4 is 5.97 Å². The number of aromatic amines is 1. The van der Waals surface area contributed by atoms with Crippen molar-refractivity contribution in [1.29, 1.82) is 0 Å². The number of benzene rings is 2. The van der Waals surface area contributed by atoms with Crippen LogP contribution < -0.4 is 9.47 Å². The summed E-state index contributed by atoms with van der Waals surface area (Å²) in [5.74, 6) is 1.19. The van der Waals surface area contributed by atoms with Gasteiger partial charge < -0.3 is 19.3 Å². The van der Waals surface area contributed by atoms with Gasteiger partial charge in [0.15, 0.2) is 5.75 Å². The van der Waals surface area contributed by atoms with Gasteiger partial charge in [-0.2, -0.15) is 5.10 Å². The fourth-order valence-corrected chi connectivity index (χ4v) is 2.46. The maximum Gasteiger partial charge on any atom is 0.338 e. The standard InChI is InChI=1S/C20H20N2O5/c1-3-10-26-20(24)13-4-6-14(7-5-13)27-18-12-21-22-19(18)16-9-8-15(25-2)11-17(16)23/h4-9,11-12,23H,3,10H2,1-2H3,(H,21,22). The van der Waals surface area contributed by atoms with E-state index in [1.165, 1.54) is 19.4 Å². The average molecular weight is 368 g/mol. The van der Waals surface area contributed by atoms with E-state index >= 15 is 0 Å². The zero-order valence-corrected chi connectivity index (χ0v) is 15.1. The molecular formula is C20H20N2O5. The van der Waals surface area contributed by atoms with Crippen LogP contribution in [0.25, 0.3) is 11.3 Å². The van der Waals surface area contributed by atoms with E-state index < -0.39 is 0 Å². The number of phenolic OH excluding ortho intramolecular Hbond substituents is 1. The number of hydrogen-bond acceptors (Lipinski definition) is 6. The number of aromatic hydroxyl groups is 1. The van der Waals surface area contributed by atoms with Gasteiger partial charge in [-0.05, 0) is 42.8 Å². The lowest BCUT2D eigenvalue weighted by Gasteiger charge is -2.09. The number of rotatable bonds is 7. The molecular weight excluding hydrogens is 348 g/mol. The Labute approximate surface area is 156 Å². The number of carbonyl (C=O) groups is 1. The zero-order valence-electron chi connectivity index (χ0n) is 15.1. The van der Waals surface area contributed by atoms with E-state index in [0.29, 0.717) is 40.7 Å². The second-order valence-corrected chi connectivity index (χ2v) is 5.75. The molecule has 0 spiro atoms. The van der Waals surface area contributed by atoms with E-state index in [4.69, 9.17) is 14.2 Å². The molecule has 0 bridgehead atoms. The van der Waals surface area contributed by atoms with Gasteiger partial charge >= 0.3 is 5.97 Å². The molecule has 3 aromatic rings. The molecule has 7 nitrogen and oxygen atoms in total. The number of hydrogen-bond donors (Lipinski definition) is 2. The Hall–Kier alpha value is -3.48. The lowest BCUT2D eigenvalue weighted by atomic mass is 10.1. The van der Waals surface area contributed by atoms with Gasteiger partial charge in [0, 0.05) is 11.6 Å². The van der Waals surface area contributed by atoms with Crippen LogP contribution in [-0.2, 0) is 4.74 Å². The van der Waals surface area contributed by atoms with Gasteiger partial charge in [-0.25, -0.2) is 4.79 Å². The second kappa shape index (κ2) is 8.27. The van der Waals surface area contributed by atoms with Gasteiger partial charge in [0.05, 0.1) is 25.5 Å². The molecule has 140 valence electrons. The fraction of sp³-hybridized carbons (Fsp3) is 0.200. The number of H-pyrrole nitrogens is 1. The van der Waals surface area contributed by atoms with E-state index in [9.17, 15) is 9.90 Å². The van der Waals surface area contributed by atoms with Crippen LogP contribution in [0.4, 0.5) is 0 Å². The van der Waals surface area contributed by atoms with Crippen LogP contribution in [0.1, 0.15) is 23.7 Å². The number of phenols is 1. The van der Waals surface area contributed by atoms with E-state index in [0.717, 1.165) is 6.42 Å². The lowest BCUT2D eigenvalue weighted by Crippen LogP contribution is -2.05. The molecule has 2 aromatic carbocycles. The van der Waals surface area contributed by atoms with Crippen molar-refractivity contribution < 1.29 is 24.1 Å². The Kier molecular flexibility index (Phi) is 5.61. The molecule has 0 saturated heterocycles. The van der Waals surface area contributed by atoms with Gasteiger partial charge in [-0.1, -0.05) is 6.92 Å². The number of nitrogens with zero attached hydrogens (tertiary/aromatic N) is 1. The van der Waals surface area contributed by atoms with Crippen LogP contribution >= 0.6 is 0 Å². The Morgan fingerprint density at radius 2 is 1.89 bits per heavy atom. The first-order chi connectivity index (χ1) is 13.1. The van der Waals surface area contributed by atoms with E-state index in [2.05, 4.69) is 10.2 Å². The first kappa shape index (κ1) is 18.3. The Morgan fingerprint density at radius 1 is 1.15 bits per heavy atom. The molecule has 0 aliphatic heterocycles. The number of aromatic nitrogens is 2. The normalized spacial score (nSPS) is 10.4. The van der Waals surface area contributed by atoms with Crippen molar-refractivity contribution in [3.05, 3.63) is 54.2 Å². The summed E-state index contributed by atoms with van der Waals surface area (Å²) in [6.07, 6.45) is 2.29. The molecule has 27 heavy (non-hydrogen) atoms. The minimum atomic E-state index is -0.365. The van der Waals surface area contributed by atoms with E-state index in [1.54, 1.807) is 36.4 Å². The summed E-state index contributed by atoms with van der Waals surface area (Å²) >= 11 is 0. The number of ether oxygens (including phenoxy) is 3. The smallest absolute Gasteiger partial charge is 0.338 e. The Morgan fingerprint density at radius 3 is 2.56 bits per heavy atom. The van der Waals surface area contributed by atoms with Crippen LogP contribution in [0.5, 0.6) is 23.0 Å². The third-order valence-corrected chi connectivity index (χ3v) is 3.83. The third-order valence-electron chi connectivity index (χ3n) is 3.83. The summed E-state index contributed by atoms with van der Waals surface area (Å²) in [5.41, 5.74) is 1.51. The first-order valence-corrected chi connectivity index (χ1v) is 8.48. The van der Waals surface area contributed by atoms with Crippen molar-refractivity contribution in [2.75, 3.05) is 13.7 Å². The minimum Gasteiger partial charge on any atom is -0.507 e. The van der Waals surface area contributed by atoms with Crippen LogP contribution in [0.3, 0.4) is 0 Å². The third kappa shape index (κ3) is 4.20. The molecule has 0 aliphatic rings. The highest BCUT2D eigenvalue weighted by atomic mass is 16.5. The summed E-state index contributed by atoms with van der Waals surface area (Å²) < 4.78 is 16.0. The lowest BCUT2D eigenvalue weighted by molar-refractivity contribution is 0.0505. The molecule has 0 saturated carbocycles. The summed E-state index contributed by atoms with van der Waals surface area (Å²) in [6, 6.07) is 11.6. The molecule has 0 amide bonds. The zero-order chi connectivity index (χ0) is 19.2. The minimum absolute atomic E-state index is 0.0393. The molecule has 0 atom stereocenters. The molecule has 0 fully saturated rings. The summed E-state index contributed by atoms with van der Waals surface area (Å²) in [5, 5.41) is 17.0. The van der Waals surface area contributed by atoms with Gasteiger partial charge in [-0.15, -0.1) is 0 Å². The van der Waals surface area contributed by atoms with Gasteiger partial charge in [0.25, 0.3) is 0 Å². The average Bonchev–Trinajstić information content (AvgIpc) is 3.14. The highest BCUT2D eigenvalue weighted by Gasteiger charge is 2.15. The van der Waals surface area contributed by atoms with E-state index in [-0.39, 0.29) is 11.7 Å². The molecule has 2 N–H and O–H groups in total. The Bertz CT molecular complexity index is 918. The maximum atomic E-state index is 11.8. The summed E-state index contributed by atoms with van der Waals surface area (Å²) in [4.78, 5) is 11.8. The highest BCUT2D eigenvalue weighted by Crippen LogP contribution is 2.37. The summed E-state index contributed by atoms with van der Waals surface area (Å²) in [6.45, 7) is 2.33. The predicted octanol–water partition coefficient (Wildman–Crippen LogP) is 4.15. The topological polar surface area (TPSA) is 93.7 Å². The second-order valence-electron chi connectivity index (χ2n) is 5.75. The van der Waals surface area contributed by atoms with E-state index in [1.807, 2.05) is 6.92 Å². The maximum absolute atomic E-state index is 11.8. The quantitative estimate of drug-likeness (QED) is 0.609. The molecule has 1 heterocycles. The van der Waals surface area contributed by atoms with Gasteiger partial charge in [0.1, 0.15) is 22.9 Å². The summed E-state index contributed by atoms with van der Waals surface area (Å²) in [7, 11) is 1.53. The number of nitrogens with one attached hydrogen (secondary N) is 1. The highest BCUT2D eigenvalue weighted by molar-refractivity contribution is 5.89. The number of carbonyl (C=O) groups excluding carboxylic acids is 1. The van der Waals surface area contributed by atoms with Crippen molar-refractivity contribution in [3.8, 4) is 34.3 Å². The predicted molar refractivity (Wildman–Crippen MR) is 99.3 cm³/mol. The molecule has 3 rings (SSSR count). The largest absolute Gasteiger partial charge is 0.507 e. The van der Waals surface area contributed by atoms with Crippen LogP contribution in [0.2, 0.25) is 0 Å². The Balaban J connectivity index is 1.78. The molecule has 7 heteroatoms. The van der Waals surface area contributed by atoms with Crippen LogP contribution in [0.15, 0.2) is 48.7 Å². The van der Waals surface area contributed by atoms with Gasteiger partial charge in [-0.3, -0.25) is 5.10 Å². The molecule has 1 aromatic heterocycles. The van der Waals surface area contributed by atoms with Crippen molar-refractivity contribution in [1.82, 2.24) is 10.2 Å². The van der Waals surface area contributed by atoms with Crippen molar-refractivity contribution in [3.63, 3.8) is 0 Å². The van der Waals surface area contributed by atoms with Crippen molar-refractivity contribution in [2.24, 2.45) is 0 Å². The number of methoxy groups -OCH3 is 1. The molecule has 0 aliphatic carbocycles. The van der Waals surface area contributed by atoms with Crippen molar-refractivity contribution in [2.45, 2.75) is 13.3 Å². The SMILES string of the molecule is CCCOC(=O)c1ccc(Oc2cn[nH]c2-c2ccc(OC)cc2O)cc1. The number of esters is 1. The monoisotopic (exact) mass is 368 g/mol. The van der Waals surface area contributed by atoms with Crippen LogP contribution in [0, 0.1) is 0 Å². The van der Waals surface area contributed by atoms with Crippen LogP contribution in [-0.4, -0.2) is 35.0 Å². The first-order valence-electron chi connectivity index (χ1n) is 8.48. The molecule has 0 radical (unpaired) electrons. The fourth-order valence-electron chi connectivity index (χ4n) is 2.46. The van der Waals surface area contributed by atoms with Gasteiger partial charge in [0.2, 0.25) is 0 Å². The molecule has 0 unspecified atom stereocenters.